The molecule has 0 saturated heterocycles. The summed E-state index contributed by atoms with van der Waals surface area (Å²) in [6, 6.07) is 8.76. The minimum absolute atomic E-state index is 0.316. The molecule has 1 aliphatic heterocycles. The highest BCUT2D eigenvalue weighted by atomic mass is 15.4. The number of nitrogens with zero attached hydrogens (tertiary/aromatic N) is 6. The summed E-state index contributed by atoms with van der Waals surface area (Å²) in [5, 5.41) is 13.2. The van der Waals surface area contributed by atoms with E-state index in [0.717, 1.165) is 23.9 Å². The molecular formula is C18H20N6. The van der Waals surface area contributed by atoms with Crippen LogP contribution in [0.3, 0.4) is 0 Å². The third-order valence-electron chi connectivity index (χ3n) is 5.59. The zero-order chi connectivity index (χ0) is 16.3. The van der Waals surface area contributed by atoms with Crippen LogP contribution in [0.25, 0.3) is 11.4 Å². The SMILES string of the molecule is Cn1cc(-c2nnc(N3CC4(CCC4)c4ccccc43)n2C)cn1. The van der Waals surface area contributed by atoms with Crippen molar-refractivity contribution in [2.75, 3.05) is 11.4 Å². The summed E-state index contributed by atoms with van der Waals surface area (Å²) >= 11 is 0. The molecule has 6 heteroatoms. The number of anilines is 2. The second kappa shape index (κ2) is 4.69. The molecule has 0 radical (unpaired) electrons. The van der Waals surface area contributed by atoms with Crippen LogP contribution in [0, 0.1) is 0 Å². The Kier molecular flexibility index (Phi) is 2.69. The zero-order valence-corrected chi connectivity index (χ0v) is 14.0. The van der Waals surface area contributed by atoms with Crippen molar-refractivity contribution in [1.29, 1.82) is 0 Å². The van der Waals surface area contributed by atoms with Gasteiger partial charge in [0, 0.05) is 37.9 Å². The lowest BCUT2D eigenvalue weighted by molar-refractivity contribution is 0.266. The molecule has 0 atom stereocenters. The van der Waals surface area contributed by atoms with Gasteiger partial charge in [0.25, 0.3) is 0 Å². The lowest BCUT2D eigenvalue weighted by Gasteiger charge is -2.39. The molecule has 3 heterocycles. The quantitative estimate of drug-likeness (QED) is 0.728. The topological polar surface area (TPSA) is 51.8 Å². The first-order valence-corrected chi connectivity index (χ1v) is 8.43. The minimum Gasteiger partial charge on any atom is -0.309 e. The number of aryl methyl sites for hydroxylation is 1. The molecule has 1 aromatic carbocycles. The summed E-state index contributed by atoms with van der Waals surface area (Å²) in [6.07, 6.45) is 7.67. The van der Waals surface area contributed by atoms with Gasteiger partial charge in [0.1, 0.15) is 0 Å². The lowest BCUT2D eigenvalue weighted by atomic mass is 9.66. The van der Waals surface area contributed by atoms with Gasteiger partial charge in [-0.2, -0.15) is 5.10 Å². The molecule has 1 fully saturated rings. The summed E-state index contributed by atoms with van der Waals surface area (Å²) < 4.78 is 3.86. The third-order valence-corrected chi connectivity index (χ3v) is 5.59. The normalized spacial score (nSPS) is 18.0. The molecule has 1 spiro atoms. The van der Waals surface area contributed by atoms with E-state index in [1.54, 1.807) is 4.68 Å². The highest BCUT2D eigenvalue weighted by Gasteiger charge is 2.48. The molecular weight excluding hydrogens is 300 g/mol. The van der Waals surface area contributed by atoms with Crippen molar-refractivity contribution >= 4 is 11.6 Å². The Morgan fingerprint density at radius 2 is 1.92 bits per heavy atom. The van der Waals surface area contributed by atoms with E-state index < -0.39 is 0 Å². The first-order valence-electron chi connectivity index (χ1n) is 8.43. The van der Waals surface area contributed by atoms with Crippen LogP contribution >= 0.6 is 0 Å². The predicted molar refractivity (Wildman–Crippen MR) is 92.2 cm³/mol. The maximum atomic E-state index is 4.51. The Labute approximate surface area is 140 Å². The van der Waals surface area contributed by atoms with Crippen molar-refractivity contribution in [2.24, 2.45) is 14.1 Å². The van der Waals surface area contributed by atoms with E-state index in [1.807, 2.05) is 26.5 Å². The van der Waals surface area contributed by atoms with Gasteiger partial charge in [-0.3, -0.25) is 9.25 Å². The van der Waals surface area contributed by atoms with Crippen molar-refractivity contribution in [2.45, 2.75) is 24.7 Å². The molecule has 1 aliphatic carbocycles. The van der Waals surface area contributed by atoms with E-state index in [1.165, 1.54) is 30.5 Å². The van der Waals surface area contributed by atoms with E-state index >= 15 is 0 Å². The Bertz CT molecular complexity index is 917. The molecule has 5 rings (SSSR count). The van der Waals surface area contributed by atoms with E-state index in [-0.39, 0.29) is 0 Å². The highest BCUT2D eigenvalue weighted by molar-refractivity contribution is 5.71. The van der Waals surface area contributed by atoms with Crippen molar-refractivity contribution in [3.05, 3.63) is 42.2 Å². The van der Waals surface area contributed by atoms with Gasteiger partial charge in [0.2, 0.25) is 5.95 Å². The van der Waals surface area contributed by atoms with Crippen LogP contribution in [0.15, 0.2) is 36.7 Å². The lowest BCUT2D eigenvalue weighted by Crippen LogP contribution is -2.38. The fourth-order valence-electron chi connectivity index (χ4n) is 4.18. The largest absolute Gasteiger partial charge is 0.309 e. The summed E-state index contributed by atoms with van der Waals surface area (Å²) in [6.45, 7) is 1.01. The van der Waals surface area contributed by atoms with Crippen LogP contribution in [0.4, 0.5) is 11.6 Å². The highest BCUT2D eigenvalue weighted by Crippen LogP contribution is 2.54. The zero-order valence-electron chi connectivity index (χ0n) is 14.0. The van der Waals surface area contributed by atoms with Crippen LogP contribution in [0.5, 0.6) is 0 Å². The number of hydrogen-bond donors (Lipinski definition) is 0. The van der Waals surface area contributed by atoms with Gasteiger partial charge < -0.3 is 4.90 Å². The third kappa shape index (κ3) is 1.74. The molecule has 0 amide bonds. The molecule has 24 heavy (non-hydrogen) atoms. The minimum atomic E-state index is 0.316. The molecule has 0 N–H and O–H groups in total. The van der Waals surface area contributed by atoms with E-state index in [0.29, 0.717) is 5.41 Å². The van der Waals surface area contributed by atoms with Gasteiger partial charge in [-0.1, -0.05) is 24.6 Å². The van der Waals surface area contributed by atoms with Crippen LogP contribution < -0.4 is 4.90 Å². The van der Waals surface area contributed by atoms with E-state index in [9.17, 15) is 0 Å². The summed E-state index contributed by atoms with van der Waals surface area (Å²) in [5.41, 5.74) is 4.06. The van der Waals surface area contributed by atoms with Crippen LogP contribution in [-0.2, 0) is 19.5 Å². The van der Waals surface area contributed by atoms with Crippen LogP contribution in [-0.4, -0.2) is 31.1 Å². The fraction of sp³-hybridized carbons (Fsp3) is 0.389. The van der Waals surface area contributed by atoms with Crippen molar-refractivity contribution in [3.8, 4) is 11.4 Å². The number of benzene rings is 1. The van der Waals surface area contributed by atoms with Gasteiger partial charge in [-0.15, -0.1) is 10.2 Å². The molecule has 2 aliphatic rings. The van der Waals surface area contributed by atoms with Gasteiger partial charge in [-0.25, -0.2) is 0 Å². The number of hydrogen-bond acceptors (Lipinski definition) is 4. The van der Waals surface area contributed by atoms with Gasteiger partial charge in [-0.05, 0) is 24.5 Å². The van der Waals surface area contributed by atoms with E-state index in [4.69, 9.17) is 0 Å². The molecule has 3 aromatic rings. The van der Waals surface area contributed by atoms with Gasteiger partial charge in [0.05, 0.1) is 11.8 Å². The first-order chi connectivity index (χ1) is 11.7. The number of fused-ring (bicyclic) bond motifs is 2. The Morgan fingerprint density at radius 1 is 1.08 bits per heavy atom. The maximum Gasteiger partial charge on any atom is 0.231 e. The molecule has 0 bridgehead atoms. The van der Waals surface area contributed by atoms with Crippen molar-refractivity contribution < 1.29 is 0 Å². The fourth-order valence-corrected chi connectivity index (χ4v) is 4.18. The molecule has 1 saturated carbocycles. The first kappa shape index (κ1) is 13.8. The maximum absolute atomic E-state index is 4.51. The molecule has 0 unspecified atom stereocenters. The summed E-state index contributed by atoms with van der Waals surface area (Å²) in [7, 11) is 3.95. The Hall–Kier alpha value is -2.63. The number of para-hydroxylation sites is 1. The summed E-state index contributed by atoms with van der Waals surface area (Å²) in [4.78, 5) is 2.33. The van der Waals surface area contributed by atoms with Crippen LogP contribution in [0.1, 0.15) is 24.8 Å². The predicted octanol–water partition coefficient (Wildman–Crippen LogP) is 2.79. The molecule has 122 valence electrons. The van der Waals surface area contributed by atoms with Crippen molar-refractivity contribution in [1.82, 2.24) is 24.5 Å². The van der Waals surface area contributed by atoms with E-state index in [2.05, 4.69) is 49.0 Å². The smallest absolute Gasteiger partial charge is 0.231 e. The van der Waals surface area contributed by atoms with Gasteiger partial charge in [0.15, 0.2) is 5.82 Å². The monoisotopic (exact) mass is 320 g/mol. The second-order valence-electron chi connectivity index (χ2n) is 7.02. The Morgan fingerprint density at radius 3 is 2.62 bits per heavy atom. The Balaban J connectivity index is 1.60. The summed E-state index contributed by atoms with van der Waals surface area (Å²) in [5.74, 6) is 1.76. The average Bonchev–Trinajstić information content (AvgIpc) is 3.22. The second-order valence-corrected chi connectivity index (χ2v) is 7.02. The van der Waals surface area contributed by atoms with Crippen molar-refractivity contribution in [3.63, 3.8) is 0 Å². The van der Waals surface area contributed by atoms with Crippen LogP contribution in [0.2, 0.25) is 0 Å². The molecule has 2 aromatic heterocycles. The average molecular weight is 320 g/mol. The standard InChI is InChI=1S/C18H20N6/c1-22-11-13(10-19-22)16-20-21-17(23(16)2)24-12-18(8-5-9-18)14-6-3-4-7-15(14)24/h3-4,6-7,10-11H,5,8-9,12H2,1-2H3. The van der Waals surface area contributed by atoms with Gasteiger partial charge >= 0.3 is 0 Å². The number of rotatable bonds is 2. The number of aromatic nitrogens is 5. The molecule has 6 nitrogen and oxygen atoms in total.